The molecule has 2 nitrogen and oxygen atoms in total. The third kappa shape index (κ3) is 4.61. The minimum Gasteiger partial charge on any atom is -0.393 e. The standard InChI is InChI=1S/C15H6F22O2/c1-3(2)4(38)39-15(36,37)14(34,35)13(32,33)12(30,31)11(28,29)10(26,27)9(24,25)8(22,23)7(20,21)6(18,19)5(16)17/h5H,1H2,2H3. The summed E-state index contributed by atoms with van der Waals surface area (Å²) in [6, 6.07) is 0. The van der Waals surface area contributed by atoms with Gasteiger partial charge in [0.2, 0.25) is 0 Å². The molecule has 232 valence electrons. The fourth-order valence-corrected chi connectivity index (χ4v) is 1.98. The first-order valence-corrected chi connectivity index (χ1v) is 8.47. The van der Waals surface area contributed by atoms with Crippen molar-refractivity contribution in [3.8, 4) is 0 Å². The third-order valence-electron chi connectivity index (χ3n) is 4.39. The summed E-state index contributed by atoms with van der Waals surface area (Å²) in [6.07, 6.45) is -13.7. The smallest absolute Gasteiger partial charge is 0.393 e. The molecule has 0 heterocycles. The van der Waals surface area contributed by atoms with E-state index in [2.05, 4.69) is 11.3 Å². The lowest BCUT2D eigenvalue weighted by Gasteiger charge is -2.44. The molecular formula is C15H6F22O2. The van der Waals surface area contributed by atoms with E-state index in [1.807, 2.05) is 0 Å². The van der Waals surface area contributed by atoms with Crippen molar-refractivity contribution in [1.29, 1.82) is 0 Å². The topological polar surface area (TPSA) is 26.3 Å². The summed E-state index contributed by atoms with van der Waals surface area (Å²) in [5.74, 6) is -82.8. The molecule has 0 bridgehead atoms. The molecule has 0 saturated carbocycles. The lowest BCUT2D eigenvalue weighted by molar-refractivity contribution is -0.480. The van der Waals surface area contributed by atoms with Crippen molar-refractivity contribution in [3.05, 3.63) is 12.2 Å². The number of carbonyl (C=O) groups excluding carboxylic acids is 1. The highest BCUT2D eigenvalue weighted by atomic mass is 19.4. The zero-order chi connectivity index (χ0) is 32.4. The quantitative estimate of drug-likeness (QED) is 0.125. The first-order valence-electron chi connectivity index (χ1n) is 8.47. The van der Waals surface area contributed by atoms with Crippen molar-refractivity contribution in [2.24, 2.45) is 0 Å². The third-order valence-corrected chi connectivity index (χ3v) is 4.39. The Morgan fingerprint density at radius 3 is 0.974 bits per heavy atom. The predicted molar refractivity (Wildman–Crippen MR) is 76.4 cm³/mol. The van der Waals surface area contributed by atoms with Crippen LogP contribution in [-0.4, -0.2) is 71.8 Å². The van der Waals surface area contributed by atoms with Crippen LogP contribution in [0.25, 0.3) is 0 Å². The molecule has 0 amide bonds. The van der Waals surface area contributed by atoms with E-state index in [4.69, 9.17) is 0 Å². The van der Waals surface area contributed by atoms with Crippen LogP contribution in [0.15, 0.2) is 12.2 Å². The molecule has 0 radical (unpaired) electrons. The van der Waals surface area contributed by atoms with Gasteiger partial charge < -0.3 is 4.74 Å². The molecule has 0 rings (SSSR count). The van der Waals surface area contributed by atoms with Crippen molar-refractivity contribution in [2.75, 3.05) is 0 Å². The Labute approximate surface area is 198 Å². The van der Waals surface area contributed by atoms with Gasteiger partial charge in [-0.05, 0) is 6.92 Å². The Morgan fingerprint density at radius 2 is 0.744 bits per heavy atom. The zero-order valence-corrected chi connectivity index (χ0v) is 17.4. The monoisotopic (exact) mass is 636 g/mol. The highest BCUT2D eigenvalue weighted by molar-refractivity contribution is 5.87. The Balaban J connectivity index is 7.13. The van der Waals surface area contributed by atoms with Crippen LogP contribution >= 0.6 is 0 Å². The molecule has 0 saturated heterocycles. The van der Waals surface area contributed by atoms with Gasteiger partial charge >= 0.3 is 71.8 Å². The van der Waals surface area contributed by atoms with Crippen LogP contribution in [0.3, 0.4) is 0 Å². The van der Waals surface area contributed by atoms with Crippen LogP contribution in [0, 0.1) is 0 Å². The lowest BCUT2D eigenvalue weighted by Crippen LogP contribution is -2.77. The normalized spacial score (nSPS) is 16.0. The summed E-state index contributed by atoms with van der Waals surface area (Å²) in [7, 11) is 0. The van der Waals surface area contributed by atoms with Gasteiger partial charge in [-0.15, -0.1) is 0 Å². The van der Waals surface area contributed by atoms with Gasteiger partial charge in [0.1, 0.15) is 0 Å². The van der Waals surface area contributed by atoms with Gasteiger partial charge in [0, 0.05) is 5.57 Å². The molecule has 0 aliphatic carbocycles. The van der Waals surface area contributed by atoms with Crippen LogP contribution in [0.4, 0.5) is 96.6 Å². The Bertz CT molecular complexity index is 947. The van der Waals surface area contributed by atoms with Crippen molar-refractivity contribution in [2.45, 2.75) is 72.8 Å². The number of esters is 1. The molecule has 0 aromatic carbocycles. The van der Waals surface area contributed by atoms with Crippen LogP contribution in [0.5, 0.6) is 0 Å². The fourth-order valence-electron chi connectivity index (χ4n) is 1.98. The maximum atomic E-state index is 13.6. The van der Waals surface area contributed by atoms with Crippen molar-refractivity contribution < 1.29 is 106 Å². The predicted octanol–water partition coefficient (Wildman–Crippen LogP) is 7.68. The molecule has 39 heavy (non-hydrogen) atoms. The van der Waals surface area contributed by atoms with E-state index in [1.165, 1.54) is 0 Å². The number of ether oxygens (including phenoxy) is 1. The van der Waals surface area contributed by atoms with Crippen LogP contribution in [0.2, 0.25) is 0 Å². The second-order valence-corrected chi connectivity index (χ2v) is 7.21. The number of hydrogen-bond acceptors (Lipinski definition) is 2. The largest absolute Gasteiger partial charge is 0.473 e. The second kappa shape index (κ2) is 9.36. The van der Waals surface area contributed by atoms with Crippen LogP contribution in [0.1, 0.15) is 6.92 Å². The summed E-state index contributed by atoms with van der Waals surface area (Å²) in [4.78, 5) is 10.8. The number of alkyl halides is 22. The molecular weight excluding hydrogens is 630 g/mol. The molecule has 0 atom stereocenters. The lowest BCUT2D eigenvalue weighted by atomic mass is 9.86. The molecule has 0 aromatic rings. The van der Waals surface area contributed by atoms with Gasteiger partial charge in [0.15, 0.2) is 0 Å². The maximum Gasteiger partial charge on any atom is 0.473 e. The van der Waals surface area contributed by atoms with E-state index < -0.39 is 77.4 Å². The Kier molecular flexibility index (Phi) is 8.80. The van der Waals surface area contributed by atoms with Crippen LogP contribution in [-0.2, 0) is 9.53 Å². The highest BCUT2D eigenvalue weighted by Gasteiger charge is 2.98. The van der Waals surface area contributed by atoms with E-state index in [9.17, 15) is 101 Å². The SMILES string of the molecule is C=C(C)C(=O)OC(F)(F)C(F)(F)C(F)(F)C(F)(F)C(F)(F)C(F)(F)C(F)(F)C(F)(F)C(F)(F)C(F)(F)C(F)F. The average molecular weight is 636 g/mol. The summed E-state index contributed by atoms with van der Waals surface area (Å²) in [6.45, 7) is 2.65. The molecule has 0 spiro atoms. The molecule has 0 aliphatic rings. The van der Waals surface area contributed by atoms with E-state index in [-0.39, 0.29) is 6.92 Å². The summed E-state index contributed by atoms with van der Waals surface area (Å²) in [5.41, 5.74) is -1.44. The average Bonchev–Trinajstić information content (AvgIpc) is 2.71. The molecule has 0 aliphatic heterocycles. The van der Waals surface area contributed by atoms with Gasteiger partial charge in [-0.25, -0.2) is 13.6 Å². The van der Waals surface area contributed by atoms with Gasteiger partial charge in [0.25, 0.3) is 0 Å². The fraction of sp³-hybridized carbons (Fsp3) is 0.800. The summed E-state index contributed by atoms with van der Waals surface area (Å²) >= 11 is 0. The molecule has 0 N–H and O–H groups in total. The first kappa shape index (κ1) is 36.7. The number of carbonyl (C=O) groups is 1. The first-order chi connectivity index (χ1) is 16.5. The minimum absolute atomic E-state index is 0.271. The maximum absolute atomic E-state index is 13.6. The Morgan fingerprint density at radius 1 is 0.513 bits per heavy atom. The van der Waals surface area contributed by atoms with E-state index >= 15 is 0 Å². The van der Waals surface area contributed by atoms with E-state index in [0.29, 0.717) is 0 Å². The highest BCUT2D eigenvalue weighted by Crippen LogP contribution is 2.66. The molecule has 0 unspecified atom stereocenters. The van der Waals surface area contributed by atoms with Crippen molar-refractivity contribution in [1.82, 2.24) is 0 Å². The summed E-state index contributed by atoms with van der Waals surface area (Å²) < 4.78 is 293. The van der Waals surface area contributed by atoms with Gasteiger partial charge in [-0.3, -0.25) is 0 Å². The van der Waals surface area contributed by atoms with Gasteiger partial charge in [-0.1, -0.05) is 6.58 Å². The Hall–Kier alpha value is -2.33. The van der Waals surface area contributed by atoms with Crippen molar-refractivity contribution >= 4 is 5.97 Å². The zero-order valence-electron chi connectivity index (χ0n) is 17.4. The number of hydrogen-bond donors (Lipinski definition) is 0. The molecule has 24 heteroatoms. The van der Waals surface area contributed by atoms with Crippen LogP contribution < -0.4 is 0 Å². The second-order valence-electron chi connectivity index (χ2n) is 7.21. The molecule has 0 fully saturated rings. The number of rotatable bonds is 12. The minimum atomic E-state index is -9.35. The van der Waals surface area contributed by atoms with E-state index in [0.717, 1.165) is 0 Å². The van der Waals surface area contributed by atoms with Crippen molar-refractivity contribution in [3.63, 3.8) is 0 Å². The summed E-state index contributed by atoms with van der Waals surface area (Å²) in [5, 5.41) is 0. The van der Waals surface area contributed by atoms with E-state index in [1.54, 1.807) is 0 Å². The number of halogens is 22. The molecule has 0 aromatic heterocycles. The van der Waals surface area contributed by atoms with Gasteiger partial charge in [-0.2, -0.15) is 87.8 Å². The van der Waals surface area contributed by atoms with Gasteiger partial charge in [0.05, 0.1) is 0 Å².